The molecular weight excluding hydrogens is 310 g/mol. The molecule has 4 heteroatoms. The van der Waals surface area contributed by atoms with Gasteiger partial charge in [0.05, 0.1) is 4.88 Å². The average molecular weight is 332 g/mol. The molecule has 0 fully saturated rings. The molecule has 1 amide bonds. The second-order valence-corrected chi connectivity index (χ2v) is 7.45. The van der Waals surface area contributed by atoms with E-state index in [9.17, 15) is 4.79 Å². The van der Waals surface area contributed by atoms with Crippen molar-refractivity contribution < 1.29 is 4.79 Å². The zero-order chi connectivity index (χ0) is 13.8. The van der Waals surface area contributed by atoms with Gasteiger partial charge in [0, 0.05) is 16.2 Å². The summed E-state index contributed by atoms with van der Waals surface area (Å²) in [6.07, 6.45) is 1.93. The fourth-order valence-electron chi connectivity index (χ4n) is 1.75. The number of carbonyl (C=O) groups is 1. The zero-order valence-electron chi connectivity index (χ0n) is 11.5. The van der Waals surface area contributed by atoms with Gasteiger partial charge in [0.1, 0.15) is 0 Å². The Labute approximate surface area is 122 Å². The maximum Gasteiger partial charge on any atom is 0.261 e. The molecular formula is C14H22BrNOS. The Kier molecular flexibility index (Phi) is 5.86. The van der Waals surface area contributed by atoms with Crippen molar-refractivity contribution in [2.75, 3.05) is 5.33 Å². The van der Waals surface area contributed by atoms with Crippen LogP contribution in [0.15, 0.2) is 12.1 Å². The Morgan fingerprint density at radius 3 is 2.56 bits per heavy atom. The molecule has 1 aromatic rings. The highest BCUT2D eigenvalue weighted by Gasteiger charge is 2.26. The van der Waals surface area contributed by atoms with Crippen LogP contribution < -0.4 is 5.32 Å². The number of rotatable bonds is 5. The first-order valence-corrected chi connectivity index (χ1v) is 8.27. The minimum atomic E-state index is 0.0561. The van der Waals surface area contributed by atoms with E-state index in [-0.39, 0.29) is 17.4 Å². The molecule has 18 heavy (non-hydrogen) atoms. The molecule has 1 rings (SSSR count). The summed E-state index contributed by atoms with van der Waals surface area (Å²) in [6.45, 7) is 8.59. The van der Waals surface area contributed by atoms with Crippen LogP contribution in [0.5, 0.6) is 0 Å². The molecule has 0 radical (unpaired) electrons. The first-order chi connectivity index (χ1) is 8.38. The van der Waals surface area contributed by atoms with E-state index in [1.807, 2.05) is 12.1 Å². The van der Waals surface area contributed by atoms with E-state index in [0.29, 0.717) is 0 Å². The Morgan fingerprint density at radius 2 is 2.11 bits per heavy atom. The molecule has 2 nitrogen and oxygen atoms in total. The van der Waals surface area contributed by atoms with Gasteiger partial charge in [-0.05, 0) is 30.4 Å². The fraction of sp³-hybridized carbons (Fsp3) is 0.643. The van der Waals surface area contributed by atoms with Crippen molar-refractivity contribution in [3.63, 3.8) is 0 Å². The lowest BCUT2D eigenvalue weighted by Crippen LogP contribution is -2.43. The second-order valence-electron chi connectivity index (χ2n) is 5.49. The van der Waals surface area contributed by atoms with Crippen LogP contribution in [0.1, 0.15) is 48.7 Å². The summed E-state index contributed by atoms with van der Waals surface area (Å²) in [7, 11) is 0. The number of halogens is 1. The smallest absolute Gasteiger partial charge is 0.261 e. The molecule has 102 valence electrons. The van der Waals surface area contributed by atoms with Gasteiger partial charge in [-0.3, -0.25) is 4.79 Å². The highest BCUT2D eigenvalue weighted by atomic mass is 79.9. The van der Waals surface area contributed by atoms with E-state index < -0.39 is 0 Å². The zero-order valence-corrected chi connectivity index (χ0v) is 14.0. The lowest BCUT2D eigenvalue weighted by atomic mass is 9.85. The van der Waals surface area contributed by atoms with Gasteiger partial charge >= 0.3 is 0 Å². The monoisotopic (exact) mass is 331 g/mol. The first kappa shape index (κ1) is 15.7. The van der Waals surface area contributed by atoms with Crippen molar-refractivity contribution in [1.82, 2.24) is 5.32 Å². The van der Waals surface area contributed by atoms with E-state index in [0.717, 1.165) is 23.0 Å². The number of hydrogen-bond acceptors (Lipinski definition) is 2. The van der Waals surface area contributed by atoms with Crippen molar-refractivity contribution in [1.29, 1.82) is 0 Å². The number of nitrogens with one attached hydrogen (secondary N) is 1. The molecule has 0 aliphatic carbocycles. The number of thiophene rings is 1. The third kappa shape index (κ3) is 4.39. The molecule has 1 N–H and O–H groups in total. The molecule has 1 aromatic heterocycles. The fourth-order valence-corrected chi connectivity index (χ4v) is 3.06. The third-order valence-corrected chi connectivity index (χ3v) is 4.67. The molecule has 1 unspecified atom stereocenters. The summed E-state index contributed by atoms with van der Waals surface area (Å²) in [5.41, 5.74) is 0.0777. The molecule has 0 aromatic carbocycles. The number of alkyl halides is 1. The molecule has 0 bridgehead atoms. The van der Waals surface area contributed by atoms with Crippen LogP contribution in [0.4, 0.5) is 0 Å². The van der Waals surface area contributed by atoms with Gasteiger partial charge in [-0.15, -0.1) is 11.3 Å². The predicted molar refractivity (Wildman–Crippen MR) is 82.8 cm³/mol. The SMILES string of the molecule is CCc1ccc(C(=O)NC(CCBr)C(C)(C)C)s1. The van der Waals surface area contributed by atoms with Crippen molar-refractivity contribution in [3.05, 3.63) is 21.9 Å². The van der Waals surface area contributed by atoms with Crippen molar-refractivity contribution in [2.24, 2.45) is 5.41 Å². The second kappa shape index (κ2) is 6.71. The summed E-state index contributed by atoms with van der Waals surface area (Å²) in [6, 6.07) is 4.15. The van der Waals surface area contributed by atoms with Gasteiger partial charge in [0.2, 0.25) is 0 Å². The van der Waals surface area contributed by atoms with Gasteiger partial charge in [-0.2, -0.15) is 0 Å². The van der Waals surface area contributed by atoms with Crippen LogP contribution in [0.25, 0.3) is 0 Å². The number of carbonyl (C=O) groups excluding carboxylic acids is 1. The molecule has 1 heterocycles. The molecule has 0 aliphatic heterocycles. The highest BCUT2D eigenvalue weighted by molar-refractivity contribution is 9.09. The maximum atomic E-state index is 12.2. The Morgan fingerprint density at radius 1 is 1.44 bits per heavy atom. The van der Waals surface area contributed by atoms with Crippen molar-refractivity contribution in [3.8, 4) is 0 Å². The maximum absolute atomic E-state index is 12.2. The van der Waals surface area contributed by atoms with Crippen molar-refractivity contribution >= 4 is 33.2 Å². The predicted octanol–water partition coefficient (Wildman–Crippen LogP) is 4.24. The molecule has 1 atom stereocenters. The van der Waals surface area contributed by atoms with Gasteiger partial charge < -0.3 is 5.32 Å². The van der Waals surface area contributed by atoms with E-state index in [4.69, 9.17) is 0 Å². The van der Waals surface area contributed by atoms with E-state index in [1.165, 1.54) is 4.88 Å². The van der Waals surface area contributed by atoms with E-state index >= 15 is 0 Å². The van der Waals surface area contributed by atoms with E-state index in [2.05, 4.69) is 48.9 Å². The molecule has 0 saturated carbocycles. The van der Waals surface area contributed by atoms with Crippen molar-refractivity contribution in [2.45, 2.75) is 46.6 Å². The standard InChI is InChI=1S/C14H22BrNOS/c1-5-10-6-7-11(18-10)13(17)16-12(8-9-15)14(2,3)4/h6-7,12H,5,8-9H2,1-4H3,(H,16,17). The Balaban J connectivity index is 2.72. The van der Waals surface area contributed by atoms with Crippen LogP contribution in [0.2, 0.25) is 0 Å². The first-order valence-electron chi connectivity index (χ1n) is 6.34. The Bertz CT molecular complexity index is 395. The highest BCUT2D eigenvalue weighted by Crippen LogP contribution is 2.24. The number of amides is 1. The summed E-state index contributed by atoms with van der Waals surface area (Å²) in [4.78, 5) is 14.3. The normalized spacial score (nSPS) is 13.4. The average Bonchev–Trinajstić information content (AvgIpc) is 2.75. The minimum Gasteiger partial charge on any atom is -0.348 e. The van der Waals surface area contributed by atoms with E-state index in [1.54, 1.807) is 11.3 Å². The minimum absolute atomic E-state index is 0.0561. The Hall–Kier alpha value is -0.350. The topological polar surface area (TPSA) is 29.1 Å². The molecule has 0 saturated heterocycles. The van der Waals surface area contributed by atoms with Gasteiger partial charge in [-0.1, -0.05) is 43.6 Å². The largest absolute Gasteiger partial charge is 0.348 e. The third-order valence-electron chi connectivity index (χ3n) is 2.98. The summed E-state index contributed by atoms with van der Waals surface area (Å²) >= 11 is 5.04. The summed E-state index contributed by atoms with van der Waals surface area (Å²) in [5, 5.41) is 4.06. The van der Waals surface area contributed by atoms with Crippen LogP contribution in [-0.2, 0) is 6.42 Å². The van der Waals surface area contributed by atoms with Gasteiger partial charge in [0.15, 0.2) is 0 Å². The van der Waals surface area contributed by atoms with Gasteiger partial charge in [-0.25, -0.2) is 0 Å². The quantitative estimate of drug-likeness (QED) is 0.803. The van der Waals surface area contributed by atoms with Gasteiger partial charge in [0.25, 0.3) is 5.91 Å². The lowest BCUT2D eigenvalue weighted by molar-refractivity contribution is 0.0905. The summed E-state index contributed by atoms with van der Waals surface area (Å²) < 4.78 is 0. The van der Waals surface area contributed by atoms with Crippen LogP contribution in [0, 0.1) is 5.41 Å². The molecule has 0 spiro atoms. The number of aryl methyl sites for hydroxylation is 1. The van der Waals surface area contributed by atoms with Crippen LogP contribution in [-0.4, -0.2) is 17.3 Å². The number of hydrogen-bond donors (Lipinski definition) is 1. The lowest BCUT2D eigenvalue weighted by Gasteiger charge is -2.31. The van der Waals surface area contributed by atoms with Crippen LogP contribution in [0.3, 0.4) is 0 Å². The molecule has 0 aliphatic rings. The summed E-state index contributed by atoms with van der Waals surface area (Å²) in [5.74, 6) is 0.0561. The van der Waals surface area contributed by atoms with Crippen LogP contribution >= 0.6 is 27.3 Å².